The van der Waals surface area contributed by atoms with Gasteiger partial charge >= 0.3 is 0 Å². The Labute approximate surface area is 179 Å². The largest absolute Gasteiger partial charge is 0.371 e. The van der Waals surface area contributed by atoms with Gasteiger partial charge < -0.3 is 4.74 Å². The van der Waals surface area contributed by atoms with Crippen molar-refractivity contribution in [3.05, 3.63) is 101 Å². The van der Waals surface area contributed by atoms with Crippen LogP contribution < -0.4 is 5.56 Å². The van der Waals surface area contributed by atoms with Crippen LogP contribution in [0.2, 0.25) is 0 Å². The lowest BCUT2D eigenvalue weighted by atomic mass is 10.1. The lowest BCUT2D eigenvalue weighted by Gasteiger charge is -2.33. The molecule has 0 aliphatic carbocycles. The summed E-state index contributed by atoms with van der Waals surface area (Å²) in [6.07, 6.45) is -0.167. The van der Waals surface area contributed by atoms with E-state index in [-0.39, 0.29) is 17.5 Å². The van der Waals surface area contributed by atoms with Crippen LogP contribution in [0.25, 0.3) is 22.0 Å². The van der Waals surface area contributed by atoms with Crippen LogP contribution in [0.15, 0.2) is 83.7 Å². The monoisotopic (exact) mass is 415 g/mol. The van der Waals surface area contributed by atoms with Crippen molar-refractivity contribution in [2.45, 2.75) is 12.8 Å². The molecule has 1 unspecified atom stereocenters. The van der Waals surface area contributed by atoms with E-state index in [2.05, 4.69) is 4.90 Å². The number of benzene rings is 3. The van der Waals surface area contributed by atoms with Gasteiger partial charge in [0.1, 0.15) is 5.82 Å². The van der Waals surface area contributed by atoms with Gasteiger partial charge in [0.25, 0.3) is 5.56 Å². The number of rotatable bonds is 4. The molecule has 1 aliphatic heterocycles. The van der Waals surface area contributed by atoms with E-state index in [1.165, 1.54) is 16.8 Å². The molecule has 3 aromatic carbocycles. The zero-order chi connectivity index (χ0) is 21.2. The molecule has 0 amide bonds. The first kappa shape index (κ1) is 19.6. The lowest BCUT2D eigenvalue weighted by Crippen LogP contribution is -2.42. The number of ether oxygens (including phenoxy) is 1. The summed E-state index contributed by atoms with van der Waals surface area (Å²) >= 11 is 0. The van der Waals surface area contributed by atoms with Crippen LogP contribution in [-0.4, -0.2) is 34.4 Å². The molecular formula is C25H22FN3O2. The van der Waals surface area contributed by atoms with E-state index >= 15 is 0 Å². The van der Waals surface area contributed by atoms with Crippen LogP contribution in [0.4, 0.5) is 4.39 Å². The molecule has 6 heteroatoms. The molecule has 156 valence electrons. The predicted molar refractivity (Wildman–Crippen MR) is 118 cm³/mol. The molecular weight excluding hydrogens is 393 g/mol. The smallest absolute Gasteiger partial charge is 0.275 e. The first-order chi connectivity index (χ1) is 15.2. The van der Waals surface area contributed by atoms with Crippen molar-refractivity contribution < 1.29 is 9.13 Å². The summed E-state index contributed by atoms with van der Waals surface area (Å²) in [6, 6.07) is 23.9. The second-order valence-electron chi connectivity index (χ2n) is 7.69. The van der Waals surface area contributed by atoms with E-state index in [1.54, 1.807) is 12.1 Å². The molecule has 5 nitrogen and oxygen atoms in total. The normalized spacial score (nSPS) is 17.1. The second kappa shape index (κ2) is 8.41. The predicted octanol–water partition coefficient (Wildman–Crippen LogP) is 4.23. The third-order valence-corrected chi connectivity index (χ3v) is 5.64. The minimum Gasteiger partial charge on any atom is -0.371 e. The Morgan fingerprint density at radius 3 is 2.42 bits per heavy atom. The maximum Gasteiger partial charge on any atom is 0.275 e. The number of nitrogens with zero attached hydrogens (tertiary/aromatic N) is 3. The maximum atomic E-state index is 13.3. The van der Waals surface area contributed by atoms with Crippen LogP contribution in [0, 0.1) is 5.82 Å². The van der Waals surface area contributed by atoms with Gasteiger partial charge in [-0.2, -0.15) is 5.10 Å². The van der Waals surface area contributed by atoms with Crippen molar-refractivity contribution in [3.8, 4) is 11.3 Å². The Balaban J connectivity index is 1.48. The van der Waals surface area contributed by atoms with E-state index in [0.29, 0.717) is 31.8 Å². The molecule has 1 fully saturated rings. The van der Waals surface area contributed by atoms with Gasteiger partial charge in [-0.1, -0.05) is 60.7 Å². The van der Waals surface area contributed by atoms with Gasteiger partial charge in [-0.3, -0.25) is 9.69 Å². The molecule has 31 heavy (non-hydrogen) atoms. The third kappa shape index (κ3) is 4.00. The van der Waals surface area contributed by atoms with Crippen LogP contribution in [0.1, 0.15) is 11.7 Å². The van der Waals surface area contributed by atoms with E-state index in [1.807, 2.05) is 54.6 Å². The van der Waals surface area contributed by atoms with Gasteiger partial charge in [0, 0.05) is 24.0 Å². The molecule has 0 N–H and O–H groups in total. The minimum atomic E-state index is -0.267. The summed E-state index contributed by atoms with van der Waals surface area (Å²) in [5, 5.41) is 6.25. The molecule has 1 atom stereocenters. The molecule has 1 aliphatic rings. The Hall–Kier alpha value is -3.35. The number of hydrogen-bond acceptors (Lipinski definition) is 4. The zero-order valence-electron chi connectivity index (χ0n) is 16.9. The van der Waals surface area contributed by atoms with Gasteiger partial charge in [-0.25, -0.2) is 9.07 Å². The Bertz CT molecular complexity index is 1260. The van der Waals surface area contributed by atoms with Crippen molar-refractivity contribution in [3.63, 3.8) is 0 Å². The van der Waals surface area contributed by atoms with Gasteiger partial charge in [0.2, 0.25) is 0 Å². The van der Waals surface area contributed by atoms with Gasteiger partial charge in [-0.15, -0.1) is 0 Å². The first-order valence-electron chi connectivity index (χ1n) is 10.3. The summed E-state index contributed by atoms with van der Waals surface area (Å²) in [6.45, 7) is 2.20. The molecule has 1 aromatic heterocycles. The SMILES string of the molecule is O=c1c2ccccc2c(-c2ccccc2)nn1CN1CCOC(c2ccc(F)cc2)C1. The molecule has 0 saturated carbocycles. The number of halogens is 1. The topological polar surface area (TPSA) is 47.4 Å². The summed E-state index contributed by atoms with van der Waals surface area (Å²) in [7, 11) is 0. The molecule has 0 bridgehead atoms. The van der Waals surface area contributed by atoms with Crippen molar-refractivity contribution >= 4 is 10.8 Å². The summed E-state index contributed by atoms with van der Waals surface area (Å²) in [5.41, 5.74) is 2.58. The average molecular weight is 415 g/mol. The van der Waals surface area contributed by atoms with Gasteiger partial charge in [0.05, 0.1) is 30.5 Å². The van der Waals surface area contributed by atoms with Gasteiger partial charge in [0.15, 0.2) is 0 Å². The Morgan fingerprint density at radius 2 is 1.65 bits per heavy atom. The van der Waals surface area contributed by atoms with E-state index in [0.717, 1.165) is 22.2 Å². The maximum absolute atomic E-state index is 13.3. The van der Waals surface area contributed by atoms with Crippen molar-refractivity contribution in [1.82, 2.24) is 14.7 Å². The van der Waals surface area contributed by atoms with E-state index in [9.17, 15) is 9.18 Å². The van der Waals surface area contributed by atoms with Crippen LogP contribution >= 0.6 is 0 Å². The summed E-state index contributed by atoms with van der Waals surface area (Å²) in [4.78, 5) is 15.3. The fraction of sp³-hybridized carbons (Fsp3) is 0.200. The summed E-state index contributed by atoms with van der Waals surface area (Å²) in [5.74, 6) is -0.267. The number of hydrogen-bond donors (Lipinski definition) is 0. The van der Waals surface area contributed by atoms with Crippen LogP contribution in [0.5, 0.6) is 0 Å². The fourth-order valence-electron chi connectivity index (χ4n) is 4.04. The molecule has 5 rings (SSSR count). The minimum absolute atomic E-state index is 0.111. The van der Waals surface area contributed by atoms with E-state index in [4.69, 9.17) is 9.84 Å². The van der Waals surface area contributed by atoms with Crippen LogP contribution in [-0.2, 0) is 11.4 Å². The Morgan fingerprint density at radius 1 is 0.935 bits per heavy atom. The standard InChI is InChI=1S/C25H22FN3O2/c26-20-12-10-18(11-13-20)23-16-28(14-15-31-23)17-29-25(30)22-9-5-4-8-21(22)24(27-29)19-6-2-1-3-7-19/h1-13,23H,14-17H2. The highest BCUT2D eigenvalue weighted by Gasteiger charge is 2.23. The molecule has 0 spiro atoms. The van der Waals surface area contributed by atoms with Crippen LogP contribution in [0.3, 0.4) is 0 Å². The Kier molecular flexibility index (Phi) is 5.32. The van der Waals surface area contributed by atoms with E-state index < -0.39 is 0 Å². The van der Waals surface area contributed by atoms with Crippen molar-refractivity contribution in [2.24, 2.45) is 0 Å². The first-order valence-corrected chi connectivity index (χ1v) is 10.3. The zero-order valence-corrected chi connectivity index (χ0v) is 16.9. The number of fused-ring (bicyclic) bond motifs is 1. The quantitative estimate of drug-likeness (QED) is 0.500. The second-order valence-corrected chi connectivity index (χ2v) is 7.69. The summed E-state index contributed by atoms with van der Waals surface area (Å²) < 4.78 is 20.7. The van der Waals surface area contributed by atoms with Crippen molar-refractivity contribution in [1.29, 1.82) is 0 Å². The fourth-order valence-corrected chi connectivity index (χ4v) is 4.04. The third-order valence-electron chi connectivity index (χ3n) is 5.64. The molecule has 2 heterocycles. The number of aromatic nitrogens is 2. The molecule has 0 radical (unpaired) electrons. The molecule has 4 aromatic rings. The average Bonchev–Trinajstić information content (AvgIpc) is 2.82. The van der Waals surface area contributed by atoms with Crippen molar-refractivity contribution in [2.75, 3.05) is 19.7 Å². The number of morpholine rings is 1. The highest BCUT2D eigenvalue weighted by Crippen LogP contribution is 2.25. The van der Waals surface area contributed by atoms with Gasteiger partial charge in [-0.05, 0) is 23.8 Å². The highest BCUT2D eigenvalue weighted by molar-refractivity contribution is 5.93. The molecule has 1 saturated heterocycles. The lowest BCUT2D eigenvalue weighted by molar-refractivity contribution is -0.0421. The highest BCUT2D eigenvalue weighted by atomic mass is 19.1.